The van der Waals surface area contributed by atoms with Crippen molar-refractivity contribution >= 4 is 17.7 Å². The summed E-state index contributed by atoms with van der Waals surface area (Å²) >= 11 is 1.59. The number of thioether (sulfide) groups is 1. The number of nitrogens with zero attached hydrogens (tertiary/aromatic N) is 2. The lowest BCUT2D eigenvalue weighted by Crippen LogP contribution is -2.27. The van der Waals surface area contributed by atoms with Gasteiger partial charge >= 0.3 is 6.18 Å². The van der Waals surface area contributed by atoms with E-state index in [1.54, 1.807) is 11.8 Å². The molecule has 1 amide bonds. The smallest absolute Gasteiger partial charge is 0.356 e. The molecule has 0 aliphatic heterocycles. The molecule has 0 spiro atoms. The molecule has 28 heavy (non-hydrogen) atoms. The first-order valence-corrected chi connectivity index (χ1v) is 10.3. The van der Waals surface area contributed by atoms with E-state index in [-0.39, 0.29) is 30.3 Å². The molecule has 0 saturated heterocycles. The van der Waals surface area contributed by atoms with E-state index in [4.69, 9.17) is 0 Å². The van der Waals surface area contributed by atoms with Crippen LogP contribution in [0.5, 0.6) is 0 Å². The van der Waals surface area contributed by atoms with Gasteiger partial charge in [-0.05, 0) is 37.8 Å². The van der Waals surface area contributed by atoms with E-state index in [1.807, 2.05) is 30.3 Å². The number of aryl methyl sites for hydroxylation is 1. The molecule has 1 aromatic carbocycles. The highest BCUT2D eigenvalue weighted by atomic mass is 32.2. The average Bonchev–Trinajstić information content (AvgIpc) is 2.67. The lowest BCUT2D eigenvalue weighted by atomic mass is 9.94. The highest BCUT2D eigenvalue weighted by Crippen LogP contribution is 2.34. The van der Waals surface area contributed by atoms with Crippen LogP contribution in [0.15, 0.2) is 35.2 Å². The summed E-state index contributed by atoms with van der Waals surface area (Å²) in [6.07, 6.45) is -1.44. The molecule has 3 rings (SSSR count). The summed E-state index contributed by atoms with van der Waals surface area (Å²) in [5.74, 6) is 0.660. The van der Waals surface area contributed by atoms with E-state index >= 15 is 0 Å². The number of carbonyl (C=O) groups excluding carboxylic acids is 1. The van der Waals surface area contributed by atoms with Gasteiger partial charge in [0.15, 0.2) is 5.69 Å². The van der Waals surface area contributed by atoms with Crippen LogP contribution in [0.25, 0.3) is 0 Å². The van der Waals surface area contributed by atoms with E-state index in [2.05, 4.69) is 15.3 Å². The minimum absolute atomic E-state index is 0.127. The third-order valence-corrected chi connectivity index (χ3v) is 5.52. The van der Waals surface area contributed by atoms with Gasteiger partial charge < -0.3 is 5.32 Å². The van der Waals surface area contributed by atoms with Crippen molar-refractivity contribution in [1.29, 1.82) is 0 Å². The maximum atomic E-state index is 13.3. The monoisotopic (exact) mass is 409 g/mol. The molecule has 4 nitrogen and oxygen atoms in total. The van der Waals surface area contributed by atoms with Crippen LogP contribution in [-0.2, 0) is 30.2 Å². The summed E-state index contributed by atoms with van der Waals surface area (Å²) in [5, 5.41) is 2.74. The second-order valence-corrected chi connectivity index (χ2v) is 7.80. The standard InChI is InChI=1S/C20H22F3N3OS/c21-20(22,23)19-15-8-4-5-9-16(15)25-17(26-19)10-12-24-18(27)11-13-28-14-6-2-1-3-7-14/h1-3,6-7H,4-5,8-13H2,(H,24,27). The van der Waals surface area contributed by atoms with Crippen molar-refractivity contribution in [2.75, 3.05) is 12.3 Å². The Morgan fingerprint density at radius 3 is 2.61 bits per heavy atom. The molecule has 0 saturated carbocycles. The average molecular weight is 409 g/mol. The number of aromatic nitrogens is 2. The summed E-state index contributed by atoms with van der Waals surface area (Å²) in [6.45, 7) is 0.227. The van der Waals surface area contributed by atoms with Gasteiger partial charge in [-0.25, -0.2) is 9.97 Å². The van der Waals surface area contributed by atoms with Crippen molar-refractivity contribution in [2.24, 2.45) is 0 Å². The fraction of sp³-hybridized carbons (Fsp3) is 0.450. The predicted octanol–water partition coefficient (Wildman–Crippen LogP) is 4.22. The second-order valence-electron chi connectivity index (χ2n) is 6.63. The fourth-order valence-corrected chi connectivity index (χ4v) is 4.04. The zero-order valence-electron chi connectivity index (χ0n) is 15.4. The first kappa shape index (κ1) is 20.6. The molecule has 1 heterocycles. The van der Waals surface area contributed by atoms with Crippen LogP contribution in [-0.4, -0.2) is 28.2 Å². The van der Waals surface area contributed by atoms with Crippen molar-refractivity contribution in [3.05, 3.63) is 53.1 Å². The van der Waals surface area contributed by atoms with Gasteiger partial charge in [-0.1, -0.05) is 18.2 Å². The zero-order chi connectivity index (χ0) is 20.0. The normalized spacial score (nSPS) is 13.8. The molecule has 150 valence electrons. The number of nitrogens with one attached hydrogen (secondary N) is 1. The Morgan fingerprint density at radius 2 is 1.86 bits per heavy atom. The number of benzene rings is 1. The first-order chi connectivity index (χ1) is 13.4. The number of rotatable bonds is 7. The molecular weight excluding hydrogens is 387 g/mol. The predicted molar refractivity (Wildman–Crippen MR) is 102 cm³/mol. The van der Waals surface area contributed by atoms with Gasteiger partial charge in [0, 0.05) is 41.3 Å². The highest BCUT2D eigenvalue weighted by Gasteiger charge is 2.37. The van der Waals surface area contributed by atoms with Crippen molar-refractivity contribution in [3.8, 4) is 0 Å². The highest BCUT2D eigenvalue weighted by molar-refractivity contribution is 7.99. The Balaban J connectivity index is 1.51. The maximum Gasteiger partial charge on any atom is 0.433 e. The molecule has 1 aromatic heterocycles. The minimum Gasteiger partial charge on any atom is -0.356 e. The Kier molecular flexibility index (Phi) is 6.93. The Labute approximate surface area is 166 Å². The van der Waals surface area contributed by atoms with Gasteiger partial charge in [0.25, 0.3) is 0 Å². The number of fused-ring (bicyclic) bond motifs is 1. The molecule has 1 aliphatic carbocycles. The topological polar surface area (TPSA) is 54.9 Å². The lowest BCUT2D eigenvalue weighted by molar-refractivity contribution is -0.142. The Hall–Kier alpha value is -2.09. The third-order valence-electron chi connectivity index (χ3n) is 4.51. The van der Waals surface area contributed by atoms with Crippen LogP contribution in [0, 0.1) is 0 Å². The number of hydrogen-bond donors (Lipinski definition) is 1. The van der Waals surface area contributed by atoms with Gasteiger partial charge in [-0.2, -0.15) is 13.2 Å². The van der Waals surface area contributed by atoms with Crippen LogP contribution in [0.1, 0.15) is 42.0 Å². The van der Waals surface area contributed by atoms with Gasteiger partial charge in [0.05, 0.1) is 0 Å². The van der Waals surface area contributed by atoms with Crippen LogP contribution in [0.4, 0.5) is 13.2 Å². The van der Waals surface area contributed by atoms with Crippen LogP contribution >= 0.6 is 11.8 Å². The molecule has 8 heteroatoms. The van der Waals surface area contributed by atoms with Crippen molar-refractivity contribution in [1.82, 2.24) is 15.3 Å². The molecule has 0 bridgehead atoms. The molecule has 0 unspecified atom stereocenters. The molecule has 1 N–H and O–H groups in total. The van der Waals surface area contributed by atoms with Crippen molar-refractivity contribution in [2.45, 2.75) is 49.6 Å². The second kappa shape index (κ2) is 9.41. The Bertz CT molecular complexity index is 812. The molecule has 1 aliphatic rings. The first-order valence-electron chi connectivity index (χ1n) is 9.34. The molecule has 2 aromatic rings. The molecule has 0 atom stereocenters. The summed E-state index contributed by atoms with van der Waals surface area (Å²) in [7, 11) is 0. The maximum absolute atomic E-state index is 13.3. The summed E-state index contributed by atoms with van der Waals surface area (Å²) in [5.41, 5.74) is -0.0589. The minimum atomic E-state index is -4.48. The van der Waals surface area contributed by atoms with Crippen molar-refractivity contribution < 1.29 is 18.0 Å². The van der Waals surface area contributed by atoms with E-state index in [1.165, 1.54) is 0 Å². The number of amides is 1. The SMILES string of the molecule is O=C(CCSc1ccccc1)NCCc1nc2c(c(C(F)(F)F)n1)CCCC2. The largest absolute Gasteiger partial charge is 0.433 e. The Morgan fingerprint density at radius 1 is 1.11 bits per heavy atom. The van der Waals surface area contributed by atoms with Gasteiger partial charge in [0.1, 0.15) is 5.82 Å². The fourth-order valence-electron chi connectivity index (χ4n) is 3.17. The van der Waals surface area contributed by atoms with Crippen molar-refractivity contribution in [3.63, 3.8) is 0 Å². The van der Waals surface area contributed by atoms with E-state index in [0.29, 0.717) is 30.7 Å². The summed E-state index contributed by atoms with van der Waals surface area (Å²) in [4.78, 5) is 21.1. The number of alkyl halides is 3. The van der Waals surface area contributed by atoms with E-state index < -0.39 is 11.9 Å². The third kappa shape index (κ3) is 5.70. The van der Waals surface area contributed by atoms with Gasteiger partial charge in [-0.15, -0.1) is 11.8 Å². The van der Waals surface area contributed by atoms with Crippen LogP contribution < -0.4 is 5.32 Å². The summed E-state index contributed by atoms with van der Waals surface area (Å²) < 4.78 is 40.0. The number of carbonyl (C=O) groups is 1. The molecular formula is C20H22F3N3OS. The quantitative estimate of drug-likeness (QED) is 0.696. The van der Waals surface area contributed by atoms with Gasteiger partial charge in [0.2, 0.25) is 5.91 Å². The zero-order valence-corrected chi connectivity index (χ0v) is 16.2. The summed E-state index contributed by atoms with van der Waals surface area (Å²) in [6, 6.07) is 9.78. The molecule has 0 radical (unpaired) electrons. The van der Waals surface area contributed by atoms with Gasteiger partial charge in [-0.3, -0.25) is 4.79 Å². The molecule has 0 fully saturated rings. The number of hydrogen-bond acceptors (Lipinski definition) is 4. The van der Waals surface area contributed by atoms with Crippen LogP contribution in [0.3, 0.4) is 0 Å². The number of halogens is 3. The van der Waals surface area contributed by atoms with E-state index in [0.717, 1.165) is 17.7 Å². The van der Waals surface area contributed by atoms with Crippen LogP contribution in [0.2, 0.25) is 0 Å². The van der Waals surface area contributed by atoms with E-state index in [9.17, 15) is 18.0 Å². The lowest BCUT2D eigenvalue weighted by Gasteiger charge is -2.20.